The van der Waals surface area contributed by atoms with E-state index in [-0.39, 0.29) is 11.4 Å². The van der Waals surface area contributed by atoms with Crippen LogP contribution in [0.4, 0.5) is 0 Å². The highest BCUT2D eigenvalue weighted by molar-refractivity contribution is 5.86. The Morgan fingerprint density at radius 1 is 1.58 bits per heavy atom. The van der Waals surface area contributed by atoms with Crippen molar-refractivity contribution in [3.8, 4) is 0 Å². The van der Waals surface area contributed by atoms with E-state index in [0.717, 1.165) is 12.8 Å². The Kier molecular flexibility index (Phi) is 4.92. The first kappa shape index (κ1) is 15.9. The molecule has 1 heterocycles. The molecule has 4 atom stereocenters. The molecule has 1 aliphatic rings. The van der Waals surface area contributed by atoms with Crippen LogP contribution < -0.4 is 11.1 Å². The summed E-state index contributed by atoms with van der Waals surface area (Å²) in [6.07, 6.45) is 0.963. The van der Waals surface area contributed by atoms with Crippen LogP contribution in [-0.4, -0.2) is 52.1 Å². The van der Waals surface area contributed by atoms with Gasteiger partial charge in [0.25, 0.3) is 0 Å². The van der Waals surface area contributed by atoms with Crippen LogP contribution >= 0.6 is 0 Å². The lowest BCUT2D eigenvalue weighted by molar-refractivity contribution is -0.142. The predicted octanol–water partition coefficient (Wildman–Crippen LogP) is -0.400. The van der Waals surface area contributed by atoms with Crippen molar-refractivity contribution in [1.29, 1.82) is 0 Å². The van der Waals surface area contributed by atoms with Crippen LogP contribution in [0.15, 0.2) is 0 Å². The van der Waals surface area contributed by atoms with Gasteiger partial charge in [0.2, 0.25) is 11.8 Å². The number of rotatable bonds is 5. The summed E-state index contributed by atoms with van der Waals surface area (Å²) in [5, 5.41) is 13.1. The minimum absolute atomic E-state index is 0.242. The molecule has 2 unspecified atom stereocenters. The Balaban J connectivity index is 2.89. The second-order valence-corrected chi connectivity index (χ2v) is 5.88. The highest BCUT2D eigenvalue weighted by atomic mass is 16.3. The largest absolute Gasteiger partial charge is 0.391 e. The maximum absolute atomic E-state index is 11.8. The molecule has 6 heteroatoms. The van der Waals surface area contributed by atoms with Gasteiger partial charge in [0.1, 0.15) is 6.04 Å². The molecule has 19 heavy (non-hydrogen) atoms. The highest BCUT2D eigenvalue weighted by Crippen LogP contribution is 2.25. The number of aliphatic hydroxyl groups excluding tert-OH is 1. The van der Waals surface area contributed by atoms with Gasteiger partial charge in [0.05, 0.1) is 6.10 Å². The molecule has 1 fully saturated rings. The zero-order valence-corrected chi connectivity index (χ0v) is 12.1. The molecule has 0 bridgehead atoms. The van der Waals surface area contributed by atoms with Gasteiger partial charge in [0, 0.05) is 25.0 Å². The molecule has 1 saturated heterocycles. The van der Waals surface area contributed by atoms with E-state index in [4.69, 9.17) is 5.73 Å². The summed E-state index contributed by atoms with van der Waals surface area (Å²) in [6, 6.07) is -0.593. The number of hydrogen-bond donors (Lipinski definition) is 3. The van der Waals surface area contributed by atoms with Crippen LogP contribution in [0, 0.1) is 0 Å². The molecule has 1 aliphatic heterocycles. The van der Waals surface area contributed by atoms with Gasteiger partial charge in [-0.2, -0.15) is 0 Å². The summed E-state index contributed by atoms with van der Waals surface area (Å²) in [5.41, 5.74) is 5.07. The van der Waals surface area contributed by atoms with Gasteiger partial charge in [-0.25, -0.2) is 0 Å². The number of primary amides is 1. The van der Waals surface area contributed by atoms with Gasteiger partial charge >= 0.3 is 0 Å². The fourth-order valence-corrected chi connectivity index (χ4v) is 2.83. The predicted molar refractivity (Wildman–Crippen MR) is 72.3 cm³/mol. The Morgan fingerprint density at radius 3 is 2.47 bits per heavy atom. The topological polar surface area (TPSA) is 95.7 Å². The van der Waals surface area contributed by atoms with Gasteiger partial charge in [-0.15, -0.1) is 0 Å². The van der Waals surface area contributed by atoms with Crippen LogP contribution in [0.1, 0.15) is 40.5 Å². The van der Waals surface area contributed by atoms with Crippen LogP contribution in [0.25, 0.3) is 0 Å². The highest BCUT2D eigenvalue weighted by Gasteiger charge is 2.39. The van der Waals surface area contributed by atoms with Crippen molar-refractivity contribution < 1.29 is 14.7 Å². The molecular formula is C13H25N3O3. The molecule has 110 valence electrons. The monoisotopic (exact) mass is 271 g/mol. The Hall–Kier alpha value is -1.14. The summed E-state index contributed by atoms with van der Waals surface area (Å²) in [4.78, 5) is 24.6. The van der Waals surface area contributed by atoms with E-state index in [0.29, 0.717) is 12.6 Å². The number of hydrogen-bond acceptors (Lipinski definition) is 4. The van der Waals surface area contributed by atoms with Crippen LogP contribution in [0.2, 0.25) is 0 Å². The number of aliphatic hydroxyl groups is 1. The average Bonchev–Trinajstić information content (AvgIpc) is 2.56. The smallest absolute Gasteiger partial charge is 0.242 e. The average molecular weight is 271 g/mol. The van der Waals surface area contributed by atoms with Crippen molar-refractivity contribution in [2.24, 2.45) is 5.73 Å². The number of carbonyl (C=O) groups is 2. The third-order valence-electron chi connectivity index (χ3n) is 3.73. The molecule has 2 amide bonds. The molecular weight excluding hydrogens is 246 g/mol. The number of nitrogens with one attached hydrogen (secondary N) is 1. The lowest BCUT2D eigenvalue weighted by atomic mass is 9.97. The molecule has 0 aromatic rings. The maximum Gasteiger partial charge on any atom is 0.242 e. The minimum atomic E-state index is -0.983. The van der Waals surface area contributed by atoms with Crippen molar-refractivity contribution in [3.63, 3.8) is 0 Å². The van der Waals surface area contributed by atoms with Gasteiger partial charge < -0.3 is 21.1 Å². The fourth-order valence-electron chi connectivity index (χ4n) is 2.83. The Labute approximate surface area is 114 Å². The molecule has 0 aromatic heterocycles. The van der Waals surface area contributed by atoms with E-state index in [1.54, 1.807) is 0 Å². The third-order valence-corrected chi connectivity index (χ3v) is 3.73. The van der Waals surface area contributed by atoms with E-state index in [1.807, 2.05) is 6.92 Å². The van der Waals surface area contributed by atoms with Gasteiger partial charge in [-0.3, -0.25) is 9.59 Å². The fraction of sp³-hybridized carbons (Fsp3) is 0.846. The molecule has 0 spiro atoms. The first-order chi connectivity index (χ1) is 8.66. The quantitative estimate of drug-likeness (QED) is 0.634. The van der Waals surface area contributed by atoms with Crippen molar-refractivity contribution in [3.05, 3.63) is 0 Å². The molecule has 4 N–H and O–H groups in total. The van der Waals surface area contributed by atoms with Gasteiger partial charge in [0.15, 0.2) is 0 Å². The zero-order chi connectivity index (χ0) is 14.8. The van der Waals surface area contributed by atoms with Gasteiger partial charge in [-0.05, 0) is 33.6 Å². The van der Waals surface area contributed by atoms with Crippen LogP contribution in [0.5, 0.6) is 0 Å². The summed E-state index contributed by atoms with van der Waals surface area (Å²) in [7, 11) is 0. The summed E-state index contributed by atoms with van der Waals surface area (Å²) >= 11 is 0. The first-order valence-electron chi connectivity index (χ1n) is 6.68. The second kappa shape index (κ2) is 5.88. The molecule has 6 nitrogen and oxygen atoms in total. The number of carbonyl (C=O) groups excluding carboxylic acids is 2. The first-order valence-corrected chi connectivity index (χ1v) is 6.68. The van der Waals surface area contributed by atoms with Crippen molar-refractivity contribution in [1.82, 2.24) is 10.2 Å². The number of nitrogens with zero attached hydrogens (tertiary/aromatic N) is 1. The summed E-state index contributed by atoms with van der Waals surface area (Å²) < 4.78 is 0. The van der Waals surface area contributed by atoms with Crippen LogP contribution in [-0.2, 0) is 9.59 Å². The molecule has 0 aromatic carbocycles. The Bertz CT molecular complexity index is 359. The van der Waals surface area contributed by atoms with E-state index in [9.17, 15) is 14.7 Å². The standard InChI is InChI=1S/C13H25N3O3/c1-8-5-6-13(4,15-8)7-16(10(3)18)11(9(2)17)12(14)19/h8-9,11,15,17H,5-7H2,1-4H3,(H2,14,19)/t8?,9-,11+,13?/m1/s1. The minimum Gasteiger partial charge on any atom is -0.391 e. The molecule has 0 aliphatic carbocycles. The van der Waals surface area contributed by atoms with E-state index >= 15 is 0 Å². The SMILES string of the molecule is CC(=O)N(CC1(C)CCC(C)N1)[C@H](C(N)=O)[C@@H](C)O. The van der Waals surface area contributed by atoms with Crippen molar-refractivity contribution in [2.75, 3.05) is 6.54 Å². The number of amides is 2. The van der Waals surface area contributed by atoms with Crippen LogP contribution in [0.3, 0.4) is 0 Å². The molecule has 0 radical (unpaired) electrons. The van der Waals surface area contributed by atoms with Crippen molar-refractivity contribution in [2.45, 2.75) is 64.3 Å². The normalized spacial score (nSPS) is 29.8. The summed E-state index contributed by atoms with van der Waals surface area (Å²) in [5.74, 6) is -0.938. The van der Waals surface area contributed by atoms with E-state index < -0.39 is 18.1 Å². The van der Waals surface area contributed by atoms with Gasteiger partial charge in [-0.1, -0.05) is 0 Å². The maximum atomic E-state index is 11.8. The van der Waals surface area contributed by atoms with E-state index in [1.165, 1.54) is 18.7 Å². The lowest BCUT2D eigenvalue weighted by Crippen LogP contribution is -2.59. The third kappa shape index (κ3) is 3.91. The second-order valence-electron chi connectivity index (χ2n) is 5.88. The lowest BCUT2D eigenvalue weighted by Gasteiger charge is -2.37. The molecule has 1 rings (SSSR count). The summed E-state index contributed by atoms with van der Waals surface area (Å²) in [6.45, 7) is 7.33. The van der Waals surface area contributed by atoms with Crippen molar-refractivity contribution >= 4 is 11.8 Å². The Morgan fingerprint density at radius 2 is 2.16 bits per heavy atom. The zero-order valence-electron chi connectivity index (χ0n) is 12.1. The van der Waals surface area contributed by atoms with E-state index in [2.05, 4.69) is 12.2 Å². The number of nitrogens with two attached hydrogens (primary N) is 1. The molecule has 0 saturated carbocycles.